The van der Waals surface area contributed by atoms with E-state index in [-0.39, 0.29) is 11.5 Å². The third-order valence-corrected chi connectivity index (χ3v) is 3.27. The lowest BCUT2D eigenvalue weighted by Crippen LogP contribution is -2.21. The first-order valence-electron chi connectivity index (χ1n) is 5.23. The number of ether oxygens (including phenoxy) is 1. The monoisotopic (exact) mass is 270 g/mol. The highest BCUT2D eigenvalue weighted by molar-refractivity contribution is 7.86. The predicted molar refractivity (Wildman–Crippen MR) is 65.3 cm³/mol. The minimum atomic E-state index is -3.81. The molecular weight excluding hydrogens is 256 g/mol. The second-order valence-corrected chi connectivity index (χ2v) is 5.12. The second kappa shape index (κ2) is 6.32. The van der Waals surface area contributed by atoms with E-state index in [2.05, 4.69) is 6.58 Å². The summed E-state index contributed by atoms with van der Waals surface area (Å²) >= 11 is 0. The van der Waals surface area contributed by atoms with Crippen LogP contribution in [0.5, 0.6) is 0 Å². The molecule has 0 spiro atoms. The van der Waals surface area contributed by atoms with E-state index >= 15 is 0 Å². The number of hydrogen-bond donors (Lipinski definition) is 0. The molecule has 0 radical (unpaired) electrons. The maximum Gasteiger partial charge on any atom is 0.330 e. The molecule has 0 saturated heterocycles. The van der Waals surface area contributed by atoms with Gasteiger partial charge in [-0.1, -0.05) is 24.8 Å². The fourth-order valence-electron chi connectivity index (χ4n) is 1.12. The van der Waals surface area contributed by atoms with Crippen molar-refractivity contribution in [3.63, 3.8) is 0 Å². The van der Waals surface area contributed by atoms with E-state index in [1.54, 1.807) is 18.2 Å². The standard InChI is InChI=1S/C12H14O5S/c1-3-12(13)17-10(2)9-16-18(14,15)11-7-5-4-6-8-11/h3-8,10H,1,9H2,2H3. The highest BCUT2D eigenvalue weighted by atomic mass is 32.2. The Morgan fingerprint density at radius 1 is 1.39 bits per heavy atom. The van der Waals surface area contributed by atoms with Gasteiger partial charge in [-0.2, -0.15) is 8.42 Å². The average molecular weight is 270 g/mol. The third kappa shape index (κ3) is 4.31. The first-order chi connectivity index (χ1) is 8.45. The second-order valence-electron chi connectivity index (χ2n) is 3.50. The highest BCUT2D eigenvalue weighted by Crippen LogP contribution is 2.11. The van der Waals surface area contributed by atoms with Crippen LogP contribution in [0.1, 0.15) is 6.92 Å². The molecule has 1 aromatic carbocycles. The number of hydrogen-bond acceptors (Lipinski definition) is 5. The van der Waals surface area contributed by atoms with Gasteiger partial charge in [-0.25, -0.2) is 4.79 Å². The summed E-state index contributed by atoms with van der Waals surface area (Å²) < 4.78 is 33.0. The van der Waals surface area contributed by atoms with Crippen LogP contribution < -0.4 is 0 Å². The Labute approximate surface area is 106 Å². The number of rotatable bonds is 6. The zero-order valence-electron chi connectivity index (χ0n) is 9.91. The maximum atomic E-state index is 11.7. The van der Waals surface area contributed by atoms with Crippen LogP contribution >= 0.6 is 0 Å². The van der Waals surface area contributed by atoms with Gasteiger partial charge in [0.2, 0.25) is 0 Å². The van der Waals surface area contributed by atoms with E-state index in [4.69, 9.17) is 8.92 Å². The summed E-state index contributed by atoms with van der Waals surface area (Å²) in [5, 5.41) is 0. The fraction of sp³-hybridized carbons (Fsp3) is 0.250. The molecule has 98 valence electrons. The van der Waals surface area contributed by atoms with Crippen LogP contribution in [0.25, 0.3) is 0 Å². The Kier molecular flexibility index (Phi) is 5.06. The normalized spacial score (nSPS) is 12.7. The average Bonchev–Trinajstić information content (AvgIpc) is 2.37. The van der Waals surface area contributed by atoms with Crippen molar-refractivity contribution in [2.24, 2.45) is 0 Å². The molecule has 18 heavy (non-hydrogen) atoms. The van der Waals surface area contributed by atoms with Crippen molar-refractivity contribution >= 4 is 16.1 Å². The van der Waals surface area contributed by atoms with Gasteiger partial charge in [-0.3, -0.25) is 4.18 Å². The maximum absolute atomic E-state index is 11.7. The molecular formula is C12H14O5S. The van der Waals surface area contributed by atoms with Crippen LogP contribution in [0.2, 0.25) is 0 Å². The number of carbonyl (C=O) groups is 1. The Morgan fingerprint density at radius 3 is 2.56 bits per heavy atom. The van der Waals surface area contributed by atoms with Gasteiger partial charge in [-0.05, 0) is 19.1 Å². The Balaban J connectivity index is 2.58. The van der Waals surface area contributed by atoms with Gasteiger partial charge in [0, 0.05) is 6.08 Å². The molecule has 0 N–H and O–H groups in total. The van der Waals surface area contributed by atoms with Crippen LogP contribution in [0, 0.1) is 0 Å². The minimum absolute atomic E-state index is 0.0623. The molecule has 0 bridgehead atoms. The van der Waals surface area contributed by atoms with Gasteiger partial charge in [0.15, 0.2) is 0 Å². The van der Waals surface area contributed by atoms with Crippen molar-refractivity contribution in [2.75, 3.05) is 6.61 Å². The van der Waals surface area contributed by atoms with Crippen molar-refractivity contribution in [2.45, 2.75) is 17.9 Å². The lowest BCUT2D eigenvalue weighted by molar-refractivity contribution is -0.143. The van der Waals surface area contributed by atoms with E-state index in [1.807, 2.05) is 0 Å². The van der Waals surface area contributed by atoms with E-state index in [0.717, 1.165) is 6.08 Å². The largest absolute Gasteiger partial charge is 0.457 e. The van der Waals surface area contributed by atoms with Gasteiger partial charge in [0.1, 0.15) is 12.7 Å². The molecule has 0 aromatic heterocycles. The molecule has 5 nitrogen and oxygen atoms in total. The molecule has 0 saturated carbocycles. The summed E-state index contributed by atoms with van der Waals surface area (Å²) in [4.78, 5) is 10.9. The van der Waals surface area contributed by atoms with Gasteiger partial charge in [0.25, 0.3) is 10.1 Å². The van der Waals surface area contributed by atoms with Crippen molar-refractivity contribution in [3.05, 3.63) is 43.0 Å². The molecule has 1 aromatic rings. The van der Waals surface area contributed by atoms with E-state index in [0.29, 0.717) is 0 Å². The van der Waals surface area contributed by atoms with Crippen LogP contribution in [0.3, 0.4) is 0 Å². The van der Waals surface area contributed by atoms with Crippen molar-refractivity contribution in [1.82, 2.24) is 0 Å². The highest BCUT2D eigenvalue weighted by Gasteiger charge is 2.17. The van der Waals surface area contributed by atoms with Gasteiger partial charge in [-0.15, -0.1) is 0 Å². The number of benzene rings is 1. The number of carbonyl (C=O) groups excluding carboxylic acids is 1. The first kappa shape index (κ1) is 14.4. The zero-order valence-corrected chi connectivity index (χ0v) is 10.7. The Hall–Kier alpha value is -1.66. The predicted octanol–water partition coefficient (Wildman–Crippen LogP) is 1.51. The molecule has 1 atom stereocenters. The van der Waals surface area contributed by atoms with Crippen molar-refractivity contribution in [1.29, 1.82) is 0 Å². The van der Waals surface area contributed by atoms with Crippen molar-refractivity contribution in [3.8, 4) is 0 Å². The molecule has 0 fully saturated rings. The van der Waals surface area contributed by atoms with Gasteiger partial charge < -0.3 is 4.74 Å². The SMILES string of the molecule is C=CC(=O)OC(C)COS(=O)(=O)c1ccccc1. The van der Waals surface area contributed by atoms with Gasteiger partial charge >= 0.3 is 5.97 Å². The summed E-state index contributed by atoms with van der Waals surface area (Å²) in [6.07, 6.45) is 0.330. The third-order valence-electron chi connectivity index (χ3n) is 1.97. The van der Waals surface area contributed by atoms with Crippen LogP contribution in [-0.2, 0) is 23.8 Å². The molecule has 6 heteroatoms. The van der Waals surface area contributed by atoms with E-state index in [9.17, 15) is 13.2 Å². The molecule has 0 aliphatic rings. The summed E-state index contributed by atoms with van der Waals surface area (Å²) in [6, 6.07) is 7.74. The molecule has 1 unspecified atom stereocenters. The lowest BCUT2D eigenvalue weighted by atomic mass is 10.4. The van der Waals surface area contributed by atoms with Crippen LogP contribution in [0.15, 0.2) is 47.9 Å². The quantitative estimate of drug-likeness (QED) is 0.445. The zero-order chi connectivity index (χ0) is 13.6. The fourth-order valence-corrected chi connectivity index (χ4v) is 2.12. The molecule has 0 heterocycles. The molecule has 0 aliphatic heterocycles. The Bertz CT molecular complexity index is 507. The van der Waals surface area contributed by atoms with E-state index < -0.39 is 22.2 Å². The van der Waals surface area contributed by atoms with Crippen LogP contribution in [0.4, 0.5) is 0 Å². The van der Waals surface area contributed by atoms with Crippen molar-refractivity contribution < 1.29 is 22.1 Å². The molecule has 1 rings (SSSR count). The summed E-state index contributed by atoms with van der Waals surface area (Å²) in [5.41, 5.74) is 0. The van der Waals surface area contributed by atoms with Crippen LogP contribution in [-0.4, -0.2) is 27.1 Å². The first-order valence-corrected chi connectivity index (χ1v) is 6.64. The summed E-state index contributed by atoms with van der Waals surface area (Å²) in [6.45, 7) is 4.53. The smallest absolute Gasteiger partial charge is 0.330 e. The van der Waals surface area contributed by atoms with E-state index in [1.165, 1.54) is 19.1 Å². The topological polar surface area (TPSA) is 69.7 Å². The summed E-state index contributed by atoms with van der Waals surface area (Å²) in [7, 11) is -3.81. The molecule has 0 amide bonds. The lowest BCUT2D eigenvalue weighted by Gasteiger charge is -2.12. The summed E-state index contributed by atoms with van der Waals surface area (Å²) in [5.74, 6) is -0.622. The molecule has 0 aliphatic carbocycles. The minimum Gasteiger partial charge on any atom is -0.457 e. The number of esters is 1. The Morgan fingerprint density at radius 2 is 2.00 bits per heavy atom. The van der Waals surface area contributed by atoms with Gasteiger partial charge in [0.05, 0.1) is 4.90 Å².